The number of carbonyl (C=O) groups is 1. The van der Waals surface area contributed by atoms with Crippen molar-refractivity contribution >= 4 is 11.8 Å². The van der Waals surface area contributed by atoms with Crippen LogP contribution in [0.4, 0.5) is 14.9 Å². The molecular formula is C14H11FN2O2. The van der Waals surface area contributed by atoms with Gasteiger partial charge in [-0.1, -0.05) is 6.07 Å². The third-order valence-corrected chi connectivity index (χ3v) is 2.98. The van der Waals surface area contributed by atoms with Crippen LogP contribution in [0.2, 0.25) is 0 Å². The predicted molar refractivity (Wildman–Crippen MR) is 68.3 cm³/mol. The maximum atomic E-state index is 13.2. The minimum atomic E-state index is -0.445. The van der Waals surface area contributed by atoms with Crippen molar-refractivity contribution in [3.05, 3.63) is 48.0 Å². The van der Waals surface area contributed by atoms with Crippen LogP contribution >= 0.6 is 0 Å². The van der Waals surface area contributed by atoms with E-state index >= 15 is 0 Å². The third kappa shape index (κ3) is 2.40. The van der Waals surface area contributed by atoms with E-state index in [1.807, 2.05) is 12.1 Å². The molecule has 96 valence electrons. The van der Waals surface area contributed by atoms with Gasteiger partial charge in [0.05, 0.1) is 12.8 Å². The SMILES string of the molecule is O=C1Nc2ccc(-c3cncc(F)c3)cc2CCO1. The molecule has 4 nitrogen and oxygen atoms in total. The van der Waals surface area contributed by atoms with Crippen molar-refractivity contribution in [1.82, 2.24) is 4.98 Å². The Labute approximate surface area is 109 Å². The molecule has 1 aromatic carbocycles. The Morgan fingerprint density at radius 2 is 2.11 bits per heavy atom. The van der Waals surface area contributed by atoms with E-state index in [0.717, 1.165) is 16.8 Å². The fraction of sp³-hybridized carbons (Fsp3) is 0.143. The normalized spacial score (nSPS) is 14.1. The minimum Gasteiger partial charge on any atom is -0.449 e. The Balaban J connectivity index is 2.01. The summed E-state index contributed by atoms with van der Waals surface area (Å²) in [5, 5.41) is 2.66. The smallest absolute Gasteiger partial charge is 0.411 e. The first-order valence-electron chi connectivity index (χ1n) is 5.90. The van der Waals surface area contributed by atoms with Gasteiger partial charge in [0.25, 0.3) is 0 Å². The van der Waals surface area contributed by atoms with Crippen LogP contribution in [0, 0.1) is 5.82 Å². The number of rotatable bonds is 1. The van der Waals surface area contributed by atoms with E-state index in [0.29, 0.717) is 18.6 Å². The van der Waals surface area contributed by atoms with Crippen LogP contribution in [0.3, 0.4) is 0 Å². The van der Waals surface area contributed by atoms with Crippen molar-refractivity contribution in [2.75, 3.05) is 11.9 Å². The largest absolute Gasteiger partial charge is 0.449 e. The number of hydrogen-bond donors (Lipinski definition) is 1. The highest BCUT2D eigenvalue weighted by atomic mass is 19.1. The molecule has 19 heavy (non-hydrogen) atoms. The van der Waals surface area contributed by atoms with Crippen LogP contribution in [0.25, 0.3) is 11.1 Å². The first-order chi connectivity index (χ1) is 9.22. The number of halogens is 1. The number of carbonyl (C=O) groups excluding carboxylic acids is 1. The number of nitrogens with zero attached hydrogens (tertiary/aromatic N) is 1. The molecule has 3 rings (SSSR count). The molecule has 1 aromatic heterocycles. The van der Waals surface area contributed by atoms with Gasteiger partial charge in [0, 0.05) is 23.9 Å². The molecule has 0 saturated heterocycles. The predicted octanol–water partition coefficient (Wildman–Crippen LogP) is 2.99. The van der Waals surface area contributed by atoms with Crippen LogP contribution < -0.4 is 5.32 Å². The molecule has 0 radical (unpaired) electrons. The number of nitrogens with one attached hydrogen (secondary N) is 1. The molecule has 0 saturated carbocycles. The number of hydrogen-bond acceptors (Lipinski definition) is 3. The Morgan fingerprint density at radius 1 is 1.21 bits per heavy atom. The average Bonchev–Trinajstić information content (AvgIpc) is 2.58. The number of ether oxygens (including phenoxy) is 1. The number of pyridine rings is 1. The summed E-state index contributed by atoms with van der Waals surface area (Å²) < 4.78 is 18.1. The van der Waals surface area contributed by atoms with E-state index in [-0.39, 0.29) is 5.82 Å². The molecule has 5 heteroatoms. The van der Waals surface area contributed by atoms with Crippen molar-refractivity contribution in [3.8, 4) is 11.1 Å². The lowest BCUT2D eigenvalue weighted by atomic mass is 10.0. The summed E-state index contributed by atoms with van der Waals surface area (Å²) in [4.78, 5) is 15.1. The average molecular weight is 258 g/mol. The van der Waals surface area contributed by atoms with Crippen molar-refractivity contribution in [3.63, 3.8) is 0 Å². The zero-order chi connectivity index (χ0) is 13.2. The van der Waals surface area contributed by atoms with E-state index in [9.17, 15) is 9.18 Å². The zero-order valence-corrected chi connectivity index (χ0v) is 10.0. The van der Waals surface area contributed by atoms with Gasteiger partial charge in [0.2, 0.25) is 0 Å². The summed E-state index contributed by atoms with van der Waals surface area (Å²) in [7, 11) is 0. The quantitative estimate of drug-likeness (QED) is 0.855. The Morgan fingerprint density at radius 3 is 2.95 bits per heavy atom. The molecule has 1 N–H and O–H groups in total. The van der Waals surface area contributed by atoms with Gasteiger partial charge in [0.15, 0.2) is 0 Å². The minimum absolute atomic E-state index is 0.337. The Bertz CT molecular complexity index is 643. The van der Waals surface area contributed by atoms with Gasteiger partial charge in [-0.3, -0.25) is 10.3 Å². The maximum absolute atomic E-state index is 13.2. The summed E-state index contributed by atoms with van der Waals surface area (Å²) in [6.45, 7) is 0.337. The highest BCUT2D eigenvalue weighted by molar-refractivity contribution is 5.87. The standard InChI is InChI=1S/C14H11FN2O2/c15-12-6-11(7-16-8-12)9-1-2-13-10(5-9)3-4-19-14(18)17-13/h1-2,5-8H,3-4H2,(H,17,18). The van der Waals surface area contributed by atoms with Crippen LogP contribution in [0.5, 0.6) is 0 Å². The third-order valence-electron chi connectivity index (χ3n) is 2.98. The van der Waals surface area contributed by atoms with Crippen LogP contribution in [0.15, 0.2) is 36.7 Å². The molecule has 0 atom stereocenters. The molecule has 0 bridgehead atoms. The zero-order valence-electron chi connectivity index (χ0n) is 10.0. The van der Waals surface area contributed by atoms with E-state index in [4.69, 9.17) is 4.74 Å². The van der Waals surface area contributed by atoms with Gasteiger partial charge >= 0.3 is 6.09 Å². The van der Waals surface area contributed by atoms with Gasteiger partial charge in [-0.25, -0.2) is 9.18 Å². The topological polar surface area (TPSA) is 51.2 Å². The molecule has 0 unspecified atom stereocenters. The number of amides is 1. The molecule has 0 aliphatic carbocycles. The van der Waals surface area contributed by atoms with Crippen LogP contribution in [-0.2, 0) is 11.2 Å². The first-order valence-corrected chi connectivity index (χ1v) is 5.90. The van der Waals surface area contributed by atoms with Crippen molar-refractivity contribution in [2.24, 2.45) is 0 Å². The van der Waals surface area contributed by atoms with Crippen molar-refractivity contribution in [2.45, 2.75) is 6.42 Å². The summed E-state index contributed by atoms with van der Waals surface area (Å²) in [5.74, 6) is -0.371. The molecule has 0 fully saturated rings. The van der Waals surface area contributed by atoms with Gasteiger partial charge in [-0.15, -0.1) is 0 Å². The highest BCUT2D eigenvalue weighted by Crippen LogP contribution is 2.27. The number of aromatic nitrogens is 1. The molecule has 1 amide bonds. The lowest BCUT2D eigenvalue weighted by Gasteiger charge is -2.08. The van der Waals surface area contributed by atoms with E-state index in [1.165, 1.54) is 12.3 Å². The summed E-state index contributed by atoms with van der Waals surface area (Å²) in [5.41, 5.74) is 3.27. The number of anilines is 1. The number of cyclic esters (lactones) is 1. The van der Waals surface area contributed by atoms with E-state index in [2.05, 4.69) is 10.3 Å². The highest BCUT2D eigenvalue weighted by Gasteiger charge is 2.14. The second-order valence-electron chi connectivity index (χ2n) is 4.27. The van der Waals surface area contributed by atoms with Gasteiger partial charge in [-0.2, -0.15) is 0 Å². The van der Waals surface area contributed by atoms with Crippen molar-refractivity contribution < 1.29 is 13.9 Å². The van der Waals surface area contributed by atoms with E-state index in [1.54, 1.807) is 12.3 Å². The second-order valence-corrected chi connectivity index (χ2v) is 4.27. The number of benzene rings is 1. The lowest BCUT2D eigenvalue weighted by molar-refractivity contribution is 0.165. The summed E-state index contributed by atoms with van der Waals surface area (Å²) in [6, 6.07) is 6.96. The van der Waals surface area contributed by atoms with Crippen LogP contribution in [-0.4, -0.2) is 17.7 Å². The van der Waals surface area contributed by atoms with Crippen LogP contribution in [0.1, 0.15) is 5.56 Å². The Hall–Kier alpha value is -2.43. The Kier molecular flexibility index (Phi) is 2.87. The van der Waals surface area contributed by atoms with Gasteiger partial charge in [0.1, 0.15) is 5.82 Å². The molecule has 1 aliphatic rings. The fourth-order valence-corrected chi connectivity index (χ4v) is 2.07. The molecular weight excluding hydrogens is 247 g/mol. The summed E-state index contributed by atoms with van der Waals surface area (Å²) >= 11 is 0. The number of fused-ring (bicyclic) bond motifs is 1. The maximum Gasteiger partial charge on any atom is 0.411 e. The summed E-state index contributed by atoms with van der Waals surface area (Å²) in [6.07, 6.45) is 2.96. The van der Waals surface area contributed by atoms with Gasteiger partial charge in [-0.05, 0) is 29.3 Å². The molecule has 2 heterocycles. The first kappa shape index (κ1) is 11.6. The fourth-order valence-electron chi connectivity index (χ4n) is 2.07. The van der Waals surface area contributed by atoms with Crippen molar-refractivity contribution in [1.29, 1.82) is 0 Å². The molecule has 0 spiro atoms. The van der Waals surface area contributed by atoms with Gasteiger partial charge < -0.3 is 4.74 Å². The van der Waals surface area contributed by atoms with E-state index < -0.39 is 6.09 Å². The molecule has 2 aromatic rings. The monoisotopic (exact) mass is 258 g/mol. The molecule has 1 aliphatic heterocycles. The lowest BCUT2D eigenvalue weighted by Crippen LogP contribution is -2.11. The second kappa shape index (κ2) is 4.68.